The Labute approximate surface area is 128 Å². The van der Waals surface area contributed by atoms with Gasteiger partial charge in [-0.15, -0.1) is 0 Å². The van der Waals surface area contributed by atoms with Gasteiger partial charge in [-0.25, -0.2) is 4.79 Å². The lowest BCUT2D eigenvalue weighted by Crippen LogP contribution is -2.49. The number of carbonyl (C=O) groups excluding carboxylic acids is 1. The fourth-order valence-corrected chi connectivity index (χ4v) is 3.45. The van der Waals surface area contributed by atoms with Gasteiger partial charge in [0.25, 0.3) is 0 Å². The Morgan fingerprint density at radius 1 is 1.20 bits per heavy atom. The molecule has 1 aromatic rings. The van der Waals surface area contributed by atoms with Crippen LogP contribution in [0.3, 0.4) is 0 Å². The first-order valence-electron chi connectivity index (χ1n) is 6.89. The Morgan fingerprint density at radius 2 is 1.90 bits per heavy atom. The van der Waals surface area contributed by atoms with Crippen LogP contribution in [0.1, 0.15) is 25.7 Å². The van der Waals surface area contributed by atoms with E-state index < -0.39 is 0 Å². The van der Waals surface area contributed by atoms with Crippen LogP contribution in [0, 0.1) is 0 Å². The molecule has 2 aliphatic rings. The number of rotatable bonds is 2. The van der Waals surface area contributed by atoms with Gasteiger partial charge in [0, 0.05) is 23.1 Å². The van der Waals surface area contributed by atoms with Crippen molar-refractivity contribution in [3.8, 4) is 0 Å². The quantitative estimate of drug-likeness (QED) is 0.784. The molecule has 2 heterocycles. The highest BCUT2D eigenvalue weighted by Crippen LogP contribution is 2.28. The summed E-state index contributed by atoms with van der Waals surface area (Å²) in [4.78, 5) is 12.0. The molecular formula is C14H17Cl2N3O. The van der Waals surface area contributed by atoms with Gasteiger partial charge in [0.2, 0.25) is 0 Å². The standard InChI is InChI=1S/C14H17Cl2N3O/c15-8-1-4-12(16)13(5-8)19-14(20)18-11-6-9-2-3-10(7-11)17-9/h1,4-5,9-11,17H,2-3,6-7H2,(H2,18,19,20). The van der Waals surface area contributed by atoms with E-state index >= 15 is 0 Å². The van der Waals surface area contributed by atoms with E-state index in [4.69, 9.17) is 23.2 Å². The number of anilines is 1. The molecular weight excluding hydrogens is 297 g/mol. The van der Waals surface area contributed by atoms with Gasteiger partial charge in [-0.05, 0) is 43.9 Å². The fraction of sp³-hybridized carbons (Fsp3) is 0.500. The predicted molar refractivity (Wildman–Crippen MR) is 81.6 cm³/mol. The molecule has 0 aliphatic carbocycles. The number of amides is 2. The molecule has 20 heavy (non-hydrogen) atoms. The molecule has 3 rings (SSSR count). The van der Waals surface area contributed by atoms with E-state index in [9.17, 15) is 4.79 Å². The zero-order valence-electron chi connectivity index (χ0n) is 11.0. The van der Waals surface area contributed by atoms with Crippen molar-refractivity contribution in [1.29, 1.82) is 0 Å². The number of urea groups is 1. The molecule has 2 fully saturated rings. The van der Waals surface area contributed by atoms with Crippen molar-refractivity contribution in [2.24, 2.45) is 0 Å². The molecule has 4 nitrogen and oxygen atoms in total. The monoisotopic (exact) mass is 313 g/mol. The van der Waals surface area contributed by atoms with Crippen LogP contribution in [-0.4, -0.2) is 24.2 Å². The first kappa shape index (κ1) is 14.0. The van der Waals surface area contributed by atoms with Gasteiger partial charge in [0.15, 0.2) is 0 Å². The Morgan fingerprint density at radius 3 is 2.60 bits per heavy atom. The molecule has 2 unspecified atom stereocenters. The van der Waals surface area contributed by atoms with Gasteiger partial charge >= 0.3 is 6.03 Å². The van der Waals surface area contributed by atoms with Crippen LogP contribution in [0.4, 0.5) is 10.5 Å². The lowest BCUT2D eigenvalue weighted by molar-refractivity contribution is 0.240. The third-order valence-electron chi connectivity index (χ3n) is 3.98. The van der Waals surface area contributed by atoms with Crippen LogP contribution in [0.15, 0.2) is 18.2 Å². The van der Waals surface area contributed by atoms with Gasteiger partial charge in [0.1, 0.15) is 0 Å². The number of hydrogen-bond donors (Lipinski definition) is 3. The summed E-state index contributed by atoms with van der Waals surface area (Å²) in [6, 6.07) is 6.12. The number of halogens is 2. The molecule has 1 aromatic carbocycles. The van der Waals surface area contributed by atoms with Gasteiger partial charge in [-0.3, -0.25) is 0 Å². The van der Waals surface area contributed by atoms with E-state index in [0.29, 0.717) is 27.8 Å². The average Bonchev–Trinajstić information content (AvgIpc) is 2.73. The van der Waals surface area contributed by atoms with E-state index in [1.54, 1.807) is 18.2 Å². The molecule has 6 heteroatoms. The molecule has 3 N–H and O–H groups in total. The smallest absolute Gasteiger partial charge is 0.319 e. The second-order valence-corrected chi connectivity index (χ2v) is 6.37. The normalized spacial score (nSPS) is 28.2. The fourth-order valence-electron chi connectivity index (χ4n) is 3.11. The number of benzene rings is 1. The summed E-state index contributed by atoms with van der Waals surface area (Å²) in [6.07, 6.45) is 4.41. The predicted octanol–water partition coefficient (Wildman–Crippen LogP) is 3.40. The molecule has 0 radical (unpaired) electrons. The van der Waals surface area contributed by atoms with Crippen LogP contribution in [0.5, 0.6) is 0 Å². The molecule has 2 amide bonds. The molecule has 2 bridgehead atoms. The maximum absolute atomic E-state index is 12.0. The highest BCUT2D eigenvalue weighted by Gasteiger charge is 2.33. The number of fused-ring (bicyclic) bond motifs is 2. The third kappa shape index (κ3) is 3.19. The summed E-state index contributed by atoms with van der Waals surface area (Å²) in [5, 5.41) is 10.4. The van der Waals surface area contributed by atoms with Crippen molar-refractivity contribution in [3.63, 3.8) is 0 Å². The largest absolute Gasteiger partial charge is 0.335 e. The number of nitrogens with one attached hydrogen (secondary N) is 3. The highest BCUT2D eigenvalue weighted by atomic mass is 35.5. The van der Waals surface area contributed by atoms with Crippen LogP contribution in [0.2, 0.25) is 10.0 Å². The molecule has 2 atom stereocenters. The van der Waals surface area contributed by atoms with E-state index in [0.717, 1.165) is 12.8 Å². The van der Waals surface area contributed by atoms with E-state index in [-0.39, 0.29) is 12.1 Å². The van der Waals surface area contributed by atoms with E-state index in [1.807, 2.05) is 0 Å². The molecule has 0 aromatic heterocycles. The van der Waals surface area contributed by atoms with Crippen molar-refractivity contribution < 1.29 is 4.79 Å². The first-order valence-corrected chi connectivity index (χ1v) is 7.64. The minimum Gasteiger partial charge on any atom is -0.335 e. The zero-order valence-corrected chi connectivity index (χ0v) is 12.5. The van der Waals surface area contributed by atoms with Gasteiger partial charge in [-0.1, -0.05) is 23.2 Å². The molecule has 2 aliphatic heterocycles. The average molecular weight is 314 g/mol. The second-order valence-electron chi connectivity index (χ2n) is 5.53. The van der Waals surface area contributed by atoms with Crippen molar-refractivity contribution in [1.82, 2.24) is 10.6 Å². The SMILES string of the molecule is O=C(Nc1cc(Cl)ccc1Cl)NC1CC2CCC(C1)N2. The highest BCUT2D eigenvalue weighted by molar-refractivity contribution is 6.35. The Bertz CT molecular complexity index is 511. The maximum atomic E-state index is 12.0. The summed E-state index contributed by atoms with van der Waals surface area (Å²) in [7, 11) is 0. The van der Waals surface area contributed by atoms with Crippen molar-refractivity contribution in [2.75, 3.05) is 5.32 Å². The minimum absolute atomic E-state index is 0.222. The van der Waals surface area contributed by atoms with E-state index in [1.165, 1.54) is 12.8 Å². The van der Waals surface area contributed by atoms with Crippen molar-refractivity contribution in [2.45, 2.75) is 43.8 Å². The summed E-state index contributed by atoms with van der Waals surface area (Å²) < 4.78 is 0. The first-order chi connectivity index (χ1) is 9.60. The third-order valence-corrected chi connectivity index (χ3v) is 4.55. The maximum Gasteiger partial charge on any atom is 0.319 e. The molecule has 108 valence electrons. The molecule has 0 spiro atoms. The van der Waals surface area contributed by atoms with Gasteiger partial charge in [0.05, 0.1) is 10.7 Å². The van der Waals surface area contributed by atoms with Crippen LogP contribution in [0.25, 0.3) is 0 Å². The topological polar surface area (TPSA) is 53.2 Å². The number of carbonyl (C=O) groups is 1. The Kier molecular flexibility index (Phi) is 4.06. The van der Waals surface area contributed by atoms with Gasteiger partial charge < -0.3 is 16.0 Å². The lowest BCUT2D eigenvalue weighted by atomic mass is 10.0. The van der Waals surface area contributed by atoms with Crippen molar-refractivity contribution >= 4 is 34.9 Å². The Hall–Kier alpha value is -0.970. The van der Waals surface area contributed by atoms with Crippen LogP contribution in [-0.2, 0) is 0 Å². The van der Waals surface area contributed by atoms with Crippen LogP contribution >= 0.6 is 23.2 Å². The minimum atomic E-state index is -0.222. The summed E-state index contributed by atoms with van der Waals surface area (Å²) in [6.45, 7) is 0. The summed E-state index contributed by atoms with van der Waals surface area (Å²) in [5.41, 5.74) is 0.536. The van der Waals surface area contributed by atoms with Crippen LogP contribution < -0.4 is 16.0 Å². The second kappa shape index (κ2) is 5.80. The van der Waals surface area contributed by atoms with Crippen molar-refractivity contribution in [3.05, 3.63) is 28.2 Å². The Balaban J connectivity index is 1.58. The zero-order chi connectivity index (χ0) is 14.1. The molecule has 2 saturated heterocycles. The van der Waals surface area contributed by atoms with Gasteiger partial charge in [-0.2, -0.15) is 0 Å². The summed E-state index contributed by atoms with van der Waals surface area (Å²) in [5.74, 6) is 0. The summed E-state index contributed by atoms with van der Waals surface area (Å²) >= 11 is 11.9. The van der Waals surface area contributed by atoms with E-state index in [2.05, 4.69) is 16.0 Å². The number of piperidine rings is 1. The lowest BCUT2D eigenvalue weighted by Gasteiger charge is -2.29. The molecule has 0 saturated carbocycles. The number of hydrogen-bond acceptors (Lipinski definition) is 2.